The van der Waals surface area contributed by atoms with Crippen molar-refractivity contribution in [3.63, 3.8) is 0 Å². The topological polar surface area (TPSA) is 129 Å². The molecule has 3 aliphatic heterocycles. The minimum Gasteiger partial charge on any atom is -0.496 e. The first kappa shape index (κ1) is 84.3. The van der Waals surface area contributed by atoms with Crippen LogP contribution in [0, 0.1) is 0 Å². The molecule has 14 nitrogen and oxygen atoms in total. The summed E-state index contributed by atoms with van der Waals surface area (Å²) in [4.78, 5) is 0. The van der Waals surface area contributed by atoms with Crippen LogP contribution in [0.25, 0.3) is 0 Å². The lowest BCUT2D eigenvalue weighted by molar-refractivity contribution is 0.00483. The molecule has 4 aromatic carbocycles. The standard InChI is InChI=1S/C88H140O14/c1-9-13-17-21-25-29-33-37-41-69-73-61-79-72(44-40-36-32-28-24-20-16-12-4)76-64-78-70(42-38-34-30-26-22-18-14-10-2)74-62-80(88(66-82(74)90-6)102-60-56-98-52-48-94-46-50-96-54-58-100-86(78)68-84(76)92-8)71(43-39-35-31-27-23-19-15-11-3)75-63-77(69)85(67-83(75)91-7)99-57-53-95-49-45-93-47-51-97-55-59-101-87(79)65-81(73)89-5/h61-72H,9-60H2,1-8H3. The van der Waals surface area contributed by atoms with Gasteiger partial charge in [-0.25, -0.2) is 0 Å². The van der Waals surface area contributed by atoms with Crippen LogP contribution in [0.2, 0.25) is 0 Å². The molecule has 0 amide bonds. The lowest BCUT2D eigenvalue weighted by Crippen LogP contribution is -2.18. The van der Waals surface area contributed by atoms with Crippen molar-refractivity contribution < 1.29 is 66.3 Å². The lowest BCUT2D eigenvalue weighted by atomic mass is 9.76. The first-order valence-corrected chi connectivity index (χ1v) is 41.3. The highest BCUT2D eigenvalue weighted by molar-refractivity contribution is 5.63. The van der Waals surface area contributed by atoms with E-state index in [0.29, 0.717) is 106 Å². The van der Waals surface area contributed by atoms with E-state index in [1.165, 1.54) is 154 Å². The van der Waals surface area contributed by atoms with Crippen LogP contribution in [0.4, 0.5) is 0 Å². The Morgan fingerprint density at radius 1 is 0.216 bits per heavy atom. The van der Waals surface area contributed by atoms with Gasteiger partial charge in [-0.15, -0.1) is 0 Å². The highest BCUT2D eigenvalue weighted by Gasteiger charge is 2.35. The maximum atomic E-state index is 7.20. The molecule has 4 unspecified atom stereocenters. The second kappa shape index (κ2) is 52.1. The predicted molar refractivity (Wildman–Crippen MR) is 415 cm³/mol. The van der Waals surface area contributed by atoms with Crippen LogP contribution in [0.15, 0.2) is 48.5 Å². The summed E-state index contributed by atoms with van der Waals surface area (Å²) < 4.78 is 93.1. The minimum atomic E-state index is -0.187. The number of ether oxygens (including phenoxy) is 14. The molecule has 102 heavy (non-hydrogen) atoms. The highest BCUT2D eigenvalue weighted by Crippen LogP contribution is 2.54. The van der Waals surface area contributed by atoms with Gasteiger partial charge in [0, 0.05) is 92.4 Å². The number of hydrogen-bond donors (Lipinski definition) is 0. The molecular formula is C88H140O14. The summed E-state index contributed by atoms with van der Waals surface area (Å²) in [5.74, 6) is 5.50. The maximum Gasteiger partial charge on any atom is 0.126 e. The van der Waals surface area contributed by atoms with Gasteiger partial charge in [0.2, 0.25) is 0 Å². The van der Waals surface area contributed by atoms with Gasteiger partial charge in [-0.2, -0.15) is 0 Å². The van der Waals surface area contributed by atoms with Gasteiger partial charge in [-0.3, -0.25) is 0 Å². The number of fused-ring (bicyclic) bond motifs is 15. The van der Waals surface area contributed by atoms with Gasteiger partial charge in [0.05, 0.1) is 108 Å². The molecule has 0 aromatic heterocycles. The molecule has 10 bridgehead atoms. The first-order valence-electron chi connectivity index (χ1n) is 41.3. The van der Waals surface area contributed by atoms with E-state index < -0.39 is 0 Å². The largest absolute Gasteiger partial charge is 0.496 e. The van der Waals surface area contributed by atoms with E-state index in [0.717, 1.165) is 168 Å². The summed E-state index contributed by atoms with van der Waals surface area (Å²) in [6.45, 7) is 15.7. The van der Waals surface area contributed by atoms with Gasteiger partial charge in [0.25, 0.3) is 0 Å². The van der Waals surface area contributed by atoms with Crippen LogP contribution in [0.3, 0.4) is 0 Å². The fourth-order valence-electron chi connectivity index (χ4n) is 15.5. The zero-order valence-electron chi connectivity index (χ0n) is 65.4. The fourth-order valence-corrected chi connectivity index (χ4v) is 15.5. The molecule has 4 aliphatic rings. The molecule has 4 aromatic rings. The van der Waals surface area contributed by atoms with Crippen molar-refractivity contribution in [3.8, 4) is 46.0 Å². The number of benzene rings is 4. The Morgan fingerprint density at radius 3 is 0.559 bits per heavy atom. The minimum absolute atomic E-state index is 0.183. The molecule has 0 N–H and O–H groups in total. The van der Waals surface area contributed by atoms with Crippen molar-refractivity contribution in [2.24, 2.45) is 0 Å². The van der Waals surface area contributed by atoms with Crippen LogP contribution < -0.4 is 37.9 Å². The van der Waals surface area contributed by atoms with Crippen LogP contribution >= 0.6 is 0 Å². The SMILES string of the molecule is CCCCCCCCCCC1c2cc3c(cc2OC)OCCOCCOCCOCCOc2cc(OC)c(cc21)C(CCCCCCCCCC)c1cc2c(OC)cc1OCCOCCOCCOCCOc1cc(OC)c(cc1C2CCCCCCCCCC)C3CCCCCCCCCC. The molecular weight excluding hydrogens is 1280 g/mol. The number of methoxy groups -OCH3 is 4. The van der Waals surface area contributed by atoms with Crippen LogP contribution in [0.5, 0.6) is 46.0 Å². The Morgan fingerprint density at radius 2 is 0.382 bits per heavy atom. The quantitative estimate of drug-likeness (QED) is 0.0309. The van der Waals surface area contributed by atoms with Crippen molar-refractivity contribution in [1.29, 1.82) is 0 Å². The van der Waals surface area contributed by atoms with E-state index in [9.17, 15) is 0 Å². The summed E-state index contributed by atoms with van der Waals surface area (Å²) in [6, 6.07) is 18.7. The van der Waals surface area contributed by atoms with Crippen molar-refractivity contribution in [1.82, 2.24) is 0 Å². The summed E-state index contributed by atoms with van der Waals surface area (Å²) in [6.07, 6.45) is 41.9. The maximum absolute atomic E-state index is 7.20. The fraction of sp³-hybridized carbons (Fsp3) is 0.727. The molecule has 0 saturated carbocycles. The van der Waals surface area contributed by atoms with Crippen molar-refractivity contribution >= 4 is 0 Å². The highest BCUT2D eigenvalue weighted by atomic mass is 16.6. The van der Waals surface area contributed by atoms with Gasteiger partial charge in [-0.1, -0.05) is 233 Å². The molecule has 3 heterocycles. The molecule has 14 heteroatoms. The molecule has 4 atom stereocenters. The average molecular weight is 1420 g/mol. The van der Waals surface area contributed by atoms with Crippen molar-refractivity contribution in [2.45, 2.75) is 283 Å². The Hall–Kier alpha value is -4.96. The first-order chi connectivity index (χ1) is 50.4. The monoisotopic (exact) mass is 1420 g/mol. The van der Waals surface area contributed by atoms with E-state index in [4.69, 9.17) is 66.3 Å². The van der Waals surface area contributed by atoms with Crippen molar-refractivity contribution in [3.05, 3.63) is 93.0 Å². The zero-order chi connectivity index (χ0) is 71.9. The number of unbranched alkanes of at least 4 members (excludes halogenated alkanes) is 28. The van der Waals surface area contributed by atoms with E-state index >= 15 is 0 Å². The van der Waals surface area contributed by atoms with Gasteiger partial charge in [0.15, 0.2) is 0 Å². The smallest absolute Gasteiger partial charge is 0.126 e. The zero-order valence-corrected chi connectivity index (χ0v) is 65.4. The third kappa shape index (κ3) is 28.7. The second-order valence-corrected chi connectivity index (χ2v) is 28.9. The Kier molecular flexibility index (Phi) is 43.1. The van der Waals surface area contributed by atoms with Gasteiger partial charge in [0.1, 0.15) is 72.4 Å². The lowest BCUT2D eigenvalue weighted by Gasteiger charge is -2.32. The third-order valence-corrected chi connectivity index (χ3v) is 21.3. The molecule has 8 rings (SSSR count). The normalized spacial score (nSPS) is 18.3. The third-order valence-electron chi connectivity index (χ3n) is 21.3. The van der Waals surface area contributed by atoms with E-state index in [1.807, 2.05) is 28.4 Å². The molecule has 1 aliphatic carbocycles. The Labute approximate surface area is 619 Å². The van der Waals surface area contributed by atoms with Gasteiger partial charge in [-0.05, 0) is 49.9 Å². The van der Waals surface area contributed by atoms with E-state index in [1.54, 1.807) is 0 Å². The number of hydrogen-bond acceptors (Lipinski definition) is 14. The van der Waals surface area contributed by atoms with Crippen LogP contribution in [-0.2, 0) is 28.4 Å². The number of rotatable bonds is 40. The summed E-state index contributed by atoms with van der Waals surface area (Å²) in [7, 11) is 7.31. The Balaban J connectivity index is 1.61. The summed E-state index contributed by atoms with van der Waals surface area (Å²) in [5, 5.41) is 0. The molecule has 576 valence electrons. The van der Waals surface area contributed by atoms with Gasteiger partial charge < -0.3 is 66.3 Å². The van der Waals surface area contributed by atoms with Crippen molar-refractivity contribution in [2.75, 3.05) is 134 Å². The van der Waals surface area contributed by atoms with Gasteiger partial charge >= 0.3 is 0 Å². The average Bonchev–Trinajstić information content (AvgIpc) is 0.750. The second-order valence-electron chi connectivity index (χ2n) is 28.9. The molecule has 0 fully saturated rings. The Bertz CT molecular complexity index is 2630. The molecule has 0 spiro atoms. The molecule has 0 radical (unpaired) electrons. The van der Waals surface area contributed by atoms with E-state index in [2.05, 4.69) is 76.2 Å². The van der Waals surface area contributed by atoms with E-state index in [-0.39, 0.29) is 23.7 Å². The molecule has 0 saturated heterocycles. The summed E-state index contributed by atoms with van der Waals surface area (Å²) >= 11 is 0. The summed E-state index contributed by atoms with van der Waals surface area (Å²) in [5.41, 5.74) is 8.82. The predicted octanol–water partition coefficient (Wildman–Crippen LogP) is 22.3. The van der Waals surface area contributed by atoms with Crippen LogP contribution in [-0.4, -0.2) is 134 Å². The van der Waals surface area contributed by atoms with Crippen LogP contribution in [0.1, 0.15) is 327 Å².